The van der Waals surface area contributed by atoms with E-state index in [2.05, 4.69) is 4.98 Å². The van der Waals surface area contributed by atoms with Crippen LogP contribution in [0.3, 0.4) is 0 Å². The maximum atomic E-state index is 13.0. The van der Waals surface area contributed by atoms with Gasteiger partial charge in [0.15, 0.2) is 0 Å². The molecule has 41 heavy (non-hydrogen) atoms. The zero-order valence-corrected chi connectivity index (χ0v) is 22.4. The standard InChI is InChI=1S/C31H29F3N2O4.N/c1-20-27(35-30(40-20)22-5-3-2-4-6-22)16-18-39-28-13-7-21(8-14-29(37)38)26-19-36(17-15-25(26)28)24-11-9-23(10-12-24)31(32,33)34;/h2-7,9-13H,8,14-19H2,1H3,(H,37,38);. The fourth-order valence-electron chi connectivity index (χ4n) is 5.02. The molecule has 4 aromatic rings. The Hall–Kier alpha value is -4.31. The van der Waals surface area contributed by atoms with E-state index in [-0.39, 0.29) is 12.6 Å². The maximum Gasteiger partial charge on any atom is 0.416 e. The number of carbonyl (C=O) groups is 1. The van der Waals surface area contributed by atoms with E-state index < -0.39 is 17.7 Å². The molecule has 0 spiro atoms. The van der Waals surface area contributed by atoms with Gasteiger partial charge in [-0.15, -0.1) is 0 Å². The molecule has 0 saturated heterocycles. The summed E-state index contributed by atoms with van der Waals surface area (Å²) < 4.78 is 51.2. The number of hydrogen-bond acceptors (Lipinski definition) is 5. The number of hydrogen-bond donors (Lipinski definition) is 1. The van der Waals surface area contributed by atoms with Crippen molar-refractivity contribution in [1.82, 2.24) is 11.1 Å². The van der Waals surface area contributed by atoms with E-state index in [4.69, 9.17) is 9.15 Å². The number of oxazole rings is 1. The van der Waals surface area contributed by atoms with Crippen LogP contribution in [0.5, 0.6) is 5.75 Å². The zero-order chi connectivity index (χ0) is 28.3. The van der Waals surface area contributed by atoms with Gasteiger partial charge in [-0.2, -0.15) is 13.2 Å². The van der Waals surface area contributed by atoms with E-state index >= 15 is 0 Å². The molecule has 0 amide bonds. The molecule has 7 nitrogen and oxygen atoms in total. The smallest absolute Gasteiger partial charge is 0.416 e. The fraction of sp³-hybridized carbons (Fsp3) is 0.290. The summed E-state index contributed by atoms with van der Waals surface area (Å²) in [4.78, 5) is 17.9. The van der Waals surface area contributed by atoms with Gasteiger partial charge in [0.1, 0.15) is 11.5 Å². The molecular weight excluding hydrogens is 535 g/mol. The number of ether oxygens (including phenoxy) is 1. The molecule has 1 N–H and O–H groups in total. The summed E-state index contributed by atoms with van der Waals surface area (Å²) in [6.07, 6.45) is -2.87. The molecular formula is C31H29F3N3O4. The number of nitrogens with zero attached hydrogens (tertiary/aromatic N) is 3. The first-order valence-corrected chi connectivity index (χ1v) is 13.1. The number of halogens is 3. The molecule has 10 heteroatoms. The lowest BCUT2D eigenvalue weighted by Crippen LogP contribution is -2.31. The summed E-state index contributed by atoms with van der Waals surface area (Å²) in [5.41, 5.74) is 4.60. The lowest BCUT2D eigenvalue weighted by Gasteiger charge is -2.33. The van der Waals surface area contributed by atoms with Crippen LogP contribution in [0, 0.1) is 6.92 Å². The van der Waals surface area contributed by atoms with Crippen molar-refractivity contribution in [3.8, 4) is 17.2 Å². The van der Waals surface area contributed by atoms with E-state index in [1.165, 1.54) is 12.1 Å². The van der Waals surface area contributed by atoms with Gasteiger partial charge < -0.3 is 19.2 Å². The highest BCUT2D eigenvalue weighted by atomic mass is 19.4. The van der Waals surface area contributed by atoms with Crippen molar-refractivity contribution in [2.45, 2.75) is 45.3 Å². The minimum Gasteiger partial charge on any atom is -0.493 e. The zero-order valence-electron chi connectivity index (χ0n) is 22.4. The van der Waals surface area contributed by atoms with E-state index in [9.17, 15) is 23.1 Å². The van der Waals surface area contributed by atoms with E-state index in [0.717, 1.165) is 51.6 Å². The van der Waals surface area contributed by atoms with Crippen LogP contribution in [0.1, 0.15) is 40.1 Å². The number of carboxylic acids is 1. The topological polar surface area (TPSA) is 106 Å². The maximum absolute atomic E-state index is 13.0. The minimum atomic E-state index is -4.39. The van der Waals surface area contributed by atoms with Crippen molar-refractivity contribution in [3.63, 3.8) is 0 Å². The normalized spacial score (nSPS) is 12.9. The second-order valence-electron chi connectivity index (χ2n) is 9.78. The van der Waals surface area contributed by atoms with Gasteiger partial charge in [0.05, 0.1) is 17.9 Å². The average molecular weight is 565 g/mol. The molecule has 0 saturated carbocycles. The first-order valence-electron chi connectivity index (χ1n) is 13.1. The molecule has 2 heterocycles. The van der Waals surface area contributed by atoms with E-state index in [1.54, 1.807) is 0 Å². The Balaban J connectivity index is 0.00000387. The monoisotopic (exact) mass is 564 g/mol. The largest absolute Gasteiger partial charge is 0.493 e. The third-order valence-electron chi connectivity index (χ3n) is 7.14. The van der Waals surface area contributed by atoms with Crippen LogP contribution < -0.4 is 15.8 Å². The number of aromatic nitrogens is 1. The molecule has 0 atom stereocenters. The Labute approximate surface area is 236 Å². The van der Waals surface area contributed by atoms with Gasteiger partial charge >= 0.3 is 12.1 Å². The molecule has 0 bridgehead atoms. The van der Waals surface area contributed by atoms with Crippen molar-refractivity contribution in [2.24, 2.45) is 0 Å². The third kappa shape index (κ3) is 6.89. The van der Waals surface area contributed by atoms with Crippen molar-refractivity contribution in [2.75, 3.05) is 18.1 Å². The van der Waals surface area contributed by atoms with Crippen LogP contribution in [0.25, 0.3) is 11.5 Å². The highest BCUT2D eigenvalue weighted by Crippen LogP contribution is 2.35. The fourth-order valence-corrected chi connectivity index (χ4v) is 5.02. The summed E-state index contributed by atoms with van der Waals surface area (Å²) in [5.74, 6) is 1.14. The summed E-state index contributed by atoms with van der Waals surface area (Å²) >= 11 is 0. The highest BCUT2D eigenvalue weighted by molar-refractivity contribution is 5.67. The van der Waals surface area contributed by atoms with E-state index in [0.29, 0.717) is 50.5 Å². The van der Waals surface area contributed by atoms with Crippen LogP contribution in [-0.4, -0.2) is 29.2 Å². The summed E-state index contributed by atoms with van der Waals surface area (Å²) in [7, 11) is 0. The minimum absolute atomic E-state index is 0. The Bertz CT molecular complexity index is 1490. The molecule has 1 aliphatic heterocycles. The van der Waals surface area contributed by atoms with Gasteiger partial charge in [-0.05, 0) is 73.4 Å². The van der Waals surface area contributed by atoms with Gasteiger partial charge in [-0.1, -0.05) is 24.3 Å². The first-order chi connectivity index (χ1) is 19.2. The molecule has 5 rings (SSSR count). The number of aliphatic carboxylic acids is 1. The van der Waals surface area contributed by atoms with Crippen LogP contribution in [0.2, 0.25) is 0 Å². The Morgan fingerprint density at radius 2 is 1.76 bits per heavy atom. The highest BCUT2D eigenvalue weighted by Gasteiger charge is 2.30. The number of carboxylic acid groups (broad SMARTS) is 1. The number of benzene rings is 3. The molecule has 0 unspecified atom stereocenters. The second kappa shape index (κ2) is 12.5. The molecule has 1 aliphatic rings. The first kappa shape index (κ1) is 29.7. The van der Waals surface area contributed by atoms with Crippen LogP contribution in [0.4, 0.5) is 18.9 Å². The van der Waals surface area contributed by atoms with Gasteiger partial charge in [0.25, 0.3) is 0 Å². The summed E-state index contributed by atoms with van der Waals surface area (Å²) in [6, 6.07) is 18.6. The van der Waals surface area contributed by atoms with Crippen LogP contribution in [0.15, 0.2) is 71.1 Å². The van der Waals surface area contributed by atoms with Crippen molar-refractivity contribution in [3.05, 3.63) is 100 Å². The average Bonchev–Trinajstić information content (AvgIpc) is 3.32. The quantitative estimate of drug-likeness (QED) is 0.253. The van der Waals surface area contributed by atoms with Crippen molar-refractivity contribution >= 4 is 11.7 Å². The van der Waals surface area contributed by atoms with E-state index in [1.807, 2.05) is 54.3 Å². The number of anilines is 1. The van der Waals surface area contributed by atoms with Crippen LogP contribution >= 0.6 is 0 Å². The predicted octanol–water partition coefficient (Wildman–Crippen LogP) is 6.39. The van der Waals surface area contributed by atoms with Gasteiger partial charge in [-0.25, -0.2) is 4.98 Å². The van der Waals surface area contributed by atoms with Crippen molar-refractivity contribution < 1.29 is 32.2 Å². The number of fused-ring (bicyclic) bond motifs is 1. The lowest BCUT2D eigenvalue weighted by atomic mass is 9.91. The molecule has 0 fully saturated rings. The number of alkyl halides is 3. The molecule has 0 aliphatic carbocycles. The van der Waals surface area contributed by atoms with Crippen LogP contribution in [-0.2, 0) is 36.8 Å². The molecule has 3 aromatic carbocycles. The SMILES string of the molecule is Cc1oc(-c2ccccc2)nc1CCOc1ccc(CCC(=O)O)c2c1CCN(c1ccc(C(F)(F)F)cc1)C2.[N]. The lowest BCUT2D eigenvalue weighted by molar-refractivity contribution is -0.138. The summed E-state index contributed by atoms with van der Waals surface area (Å²) in [5, 5.41) is 9.24. The Kier molecular flexibility index (Phi) is 9.02. The third-order valence-corrected chi connectivity index (χ3v) is 7.14. The van der Waals surface area contributed by atoms with Gasteiger partial charge in [-0.3, -0.25) is 4.79 Å². The van der Waals surface area contributed by atoms with Gasteiger partial charge in [0.2, 0.25) is 5.89 Å². The summed E-state index contributed by atoms with van der Waals surface area (Å²) in [6.45, 7) is 3.31. The molecule has 1 aromatic heterocycles. The molecule has 3 radical (unpaired) electrons. The van der Waals surface area contributed by atoms with Gasteiger partial charge in [0, 0.05) is 48.9 Å². The Morgan fingerprint density at radius 3 is 2.44 bits per heavy atom. The Morgan fingerprint density at radius 1 is 1.02 bits per heavy atom. The molecule has 213 valence electrons. The van der Waals surface area contributed by atoms with Crippen molar-refractivity contribution in [1.29, 1.82) is 0 Å². The number of aryl methyl sites for hydroxylation is 2. The predicted molar refractivity (Wildman–Crippen MR) is 147 cm³/mol. The number of rotatable bonds is 9. The second-order valence-corrected chi connectivity index (χ2v) is 9.78.